The molecule has 0 amide bonds. The van der Waals surface area contributed by atoms with Crippen molar-refractivity contribution in [2.45, 2.75) is 6.92 Å². The summed E-state index contributed by atoms with van der Waals surface area (Å²) < 4.78 is 1.71. The van der Waals surface area contributed by atoms with Gasteiger partial charge in [-0.3, -0.25) is 4.68 Å². The van der Waals surface area contributed by atoms with Gasteiger partial charge in [0.05, 0.1) is 11.9 Å². The number of anilines is 1. The van der Waals surface area contributed by atoms with E-state index in [4.69, 9.17) is 5.73 Å². The van der Waals surface area contributed by atoms with Crippen molar-refractivity contribution in [1.82, 2.24) is 14.8 Å². The zero-order chi connectivity index (χ0) is 17.3. The molecule has 2 heterocycles. The van der Waals surface area contributed by atoms with E-state index in [1.165, 1.54) is 0 Å². The lowest BCUT2D eigenvalue weighted by molar-refractivity contribution is 0.768. The van der Waals surface area contributed by atoms with Gasteiger partial charge in [-0.15, -0.1) is 0 Å². The monoisotopic (exact) mass is 315 g/mol. The van der Waals surface area contributed by atoms with Gasteiger partial charge in [-0.05, 0) is 29.7 Å². The molecular formula is C19H17N5. The maximum atomic E-state index is 9.57. The summed E-state index contributed by atoms with van der Waals surface area (Å²) in [6.45, 7) is 5.75. The second-order valence-corrected chi connectivity index (χ2v) is 5.56. The molecule has 0 unspecified atom stereocenters. The second-order valence-electron chi connectivity index (χ2n) is 5.56. The van der Waals surface area contributed by atoms with Crippen molar-refractivity contribution >= 4 is 11.9 Å². The molecular weight excluding hydrogens is 298 g/mol. The van der Waals surface area contributed by atoms with Crippen molar-refractivity contribution in [2.75, 3.05) is 5.73 Å². The normalized spacial score (nSPS) is 10.4. The summed E-state index contributed by atoms with van der Waals surface area (Å²) in [6.07, 6.45) is 5.40. The van der Waals surface area contributed by atoms with Gasteiger partial charge in [-0.1, -0.05) is 30.9 Å². The molecule has 3 aromatic rings. The Morgan fingerprint density at radius 1 is 1.33 bits per heavy atom. The van der Waals surface area contributed by atoms with Crippen LogP contribution < -0.4 is 5.73 Å². The van der Waals surface area contributed by atoms with Gasteiger partial charge in [0.1, 0.15) is 17.5 Å². The Kier molecular flexibility index (Phi) is 3.88. The lowest BCUT2D eigenvalue weighted by atomic mass is 9.92. The largest absolute Gasteiger partial charge is 0.383 e. The minimum atomic E-state index is 0.223. The standard InChI is InChI=1S/C19H17N5/c1-4-13-6-5-7-14(8-13)17-12(2)18(15-10-22-24(3)11-15)23-19(21)16(17)9-20/h4-8,10-11H,1H2,2-3H3,(H2,21,23). The minimum absolute atomic E-state index is 0.223. The molecule has 118 valence electrons. The second kappa shape index (κ2) is 6.01. The molecule has 0 aliphatic carbocycles. The molecule has 0 saturated carbocycles. The zero-order valence-corrected chi connectivity index (χ0v) is 13.6. The van der Waals surface area contributed by atoms with Gasteiger partial charge in [-0.25, -0.2) is 4.98 Å². The van der Waals surface area contributed by atoms with E-state index < -0.39 is 0 Å². The maximum absolute atomic E-state index is 9.57. The SMILES string of the molecule is C=Cc1cccc(-c2c(C)c(-c3cnn(C)c3)nc(N)c2C#N)c1. The van der Waals surface area contributed by atoms with Crippen LogP contribution >= 0.6 is 0 Å². The third-order valence-corrected chi connectivity index (χ3v) is 3.97. The van der Waals surface area contributed by atoms with Crippen molar-refractivity contribution in [2.24, 2.45) is 7.05 Å². The van der Waals surface area contributed by atoms with Crippen LogP contribution in [0.3, 0.4) is 0 Å². The molecule has 0 atom stereocenters. The Bertz CT molecular complexity index is 976. The smallest absolute Gasteiger partial charge is 0.142 e. The summed E-state index contributed by atoms with van der Waals surface area (Å²) >= 11 is 0. The number of aromatic nitrogens is 3. The number of hydrogen-bond donors (Lipinski definition) is 1. The van der Waals surface area contributed by atoms with Crippen LogP contribution in [0, 0.1) is 18.3 Å². The number of nitrogens with zero attached hydrogens (tertiary/aromatic N) is 4. The number of aryl methyl sites for hydroxylation is 1. The molecule has 0 aliphatic rings. The fourth-order valence-electron chi connectivity index (χ4n) is 2.81. The molecule has 0 aliphatic heterocycles. The Balaban J connectivity index is 2.33. The number of nitrogens with two attached hydrogens (primary N) is 1. The molecule has 3 rings (SSSR count). The Morgan fingerprint density at radius 2 is 2.12 bits per heavy atom. The van der Waals surface area contributed by atoms with Crippen LogP contribution in [0.2, 0.25) is 0 Å². The lowest BCUT2D eigenvalue weighted by Crippen LogP contribution is -2.03. The third kappa shape index (κ3) is 2.55. The lowest BCUT2D eigenvalue weighted by Gasteiger charge is -2.14. The van der Waals surface area contributed by atoms with Gasteiger partial charge < -0.3 is 5.73 Å². The third-order valence-electron chi connectivity index (χ3n) is 3.97. The van der Waals surface area contributed by atoms with Gasteiger partial charge in [-0.2, -0.15) is 10.4 Å². The molecule has 1 aromatic carbocycles. The van der Waals surface area contributed by atoms with E-state index >= 15 is 0 Å². The summed E-state index contributed by atoms with van der Waals surface area (Å²) in [7, 11) is 1.85. The summed E-state index contributed by atoms with van der Waals surface area (Å²) in [6, 6.07) is 10.0. The molecule has 5 heteroatoms. The van der Waals surface area contributed by atoms with Crippen LogP contribution in [0.25, 0.3) is 28.5 Å². The highest BCUT2D eigenvalue weighted by Gasteiger charge is 2.19. The van der Waals surface area contributed by atoms with Crippen LogP contribution in [0.15, 0.2) is 43.2 Å². The average Bonchev–Trinajstić information content (AvgIpc) is 3.02. The highest BCUT2D eigenvalue weighted by molar-refractivity contribution is 5.84. The van der Waals surface area contributed by atoms with E-state index in [-0.39, 0.29) is 5.82 Å². The summed E-state index contributed by atoms with van der Waals surface area (Å²) in [5, 5.41) is 13.8. The van der Waals surface area contributed by atoms with Crippen LogP contribution in [-0.2, 0) is 7.05 Å². The van der Waals surface area contributed by atoms with E-state index in [9.17, 15) is 5.26 Å². The molecule has 2 N–H and O–H groups in total. The van der Waals surface area contributed by atoms with Crippen molar-refractivity contribution in [3.63, 3.8) is 0 Å². The first-order valence-corrected chi connectivity index (χ1v) is 7.47. The Labute approximate surface area is 140 Å². The number of hydrogen-bond acceptors (Lipinski definition) is 4. The van der Waals surface area contributed by atoms with Gasteiger partial charge in [0, 0.05) is 24.4 Å². The molecule has 0 saturated heterocycles. The van der Waals surface area contributed by atoms with Crippen molar-refractivity contribution in [1.29, 1.82) is 5.26 Å². The number of pyridine rings is 1. The van der Waals surface area contributed by atoms with E-state index in [0.29, 0.717) is 5.56 Å². The first kappa shape index (κ1) is 15.5. The summed E-state index contributed by atoms with van der Waals surface area (Å²) in [4.78, 5) is 4.44. The topological polar surface area (TPSA) is 80.5 Å². The van der Waals surface area contributed by atoms with E-state index in [1.54, 1.807) is 17.0 Å². The Hall–Kier alpha value is -3.39. The van der Waals surface area contributed by atoms with Crippen molar-refractivity contribution < 1.29 is 0 Å². The van der Waals surface area contributed by atoms with Crippen LogP contribution in [0.1, 0.15) is 16.7 Å². The van der Waals surface area contributed by atoms with E-state index in [0.717, 1.165) is 33.5 Å². The molecule has 5 nitrogen and oxygen atoms in total. The van der Waals surface area contributed by atoms with Gasteiger partial charge >= 0.3 is 0 Å². The van der Waals surface area contributed by atoms with Crippen LogP contribution in [0.4, 0.5) is 5.82 Å². The number of benzene rings is 1. The fourth-order valence-corrected chi connectivity index (χ4v) is 2.81. The average molecular weight is 315 g/mol. The van der Waals surface area contributed by atoms with Gasteiger partial charge in [0.15, 0.2) is 0 Å². The van der Waals surface area contributed by atoms with Gasteiger partial charge in [0.2, 0.25) is 0 Å². The highest BCUT2D eigenvalue weighted by atomic mass is 15.2. The predicted octanol–water partition coefficient (Wildman–Crippen LogP) is 3.55. The summed E-state index contributed by atoms with van der Waals surface area (Å²) in [5.74, 6) is 0.223. The summed E-state index contributed by atoms with van der Waals surface area (Å²) in [5.41, 5.74) is 11.7. The molecule has 24 heavy (non-hydrogen) atoms. The highest BCUT2D eigenvalue weighted by Crippen LogP contribution is 2.35. The van der Waals surface area contributed by atoms with Crippen molar-refractivity contribution in [3.05, 3.63) is 59.9 Å². The Morgan fingerprint density at radius 3 is 2.75 bits per heavy atom. The molecule has 0 bridgehead atoms. The van der Waals surface area contributed by atoms with Crippen molar-refractivity contribution in [3.8, 4) is 28.5 Å². The maximum Gasteiger partial charge on any atom is 0.142 e. The van der Waals surface area contributed by atoms with E-state index in [2.05, 4.69) is 22.7 Å². The molecule has 0 spiro atoms. The quantitative estimate of drug-likeness (QED) is 0.801. The predicted molar refractivity (Wildman–Crippen MR) is 95.8 cm³/mol. The minimum Gasteiger partial charge on any atom is -0.383 e. The first-order chi connectivity index (χ1) is 11.5. The fraction of sp³-hybridized carbons (Fsp3) is 0.105. The number of nitrogen functional groups attached to an aromatic ring is 1. The van der Waals surface area contributed by atoms with E-state index in [1.807, 2.05) is 44.4 Å². The number of rotatable bonds is 3. The first-order valence-electron chi connectivity index (χ1n) is 7.47. The molecule has 0 fully saturated rings. The van der Waals surface area contributed by atoms with Crippen LogP contribution in [-0.4, -0.2) is 14.8 Å². The molecule has 0 radical (unpaired) electrons. The number of nitriles is 1. The van der Waals surface area contributed by atoms with Crippen LogP contribution in [0.5, 0.6) is 0 Å². The zero-order valence-electron chi connectivity index (χ0n) is 13.6. The molecule has 2 aromatic heterocycles. The van der Waals surface area contributed by atoms with Gasteiger partial charge in [0.25, 0.3) is 0 Å².